The van der Waals surface area contributed by atoms with Crippen molar-refractivity contribution in [1.82, 2.24) is 5.32 Å². The Balaban J connectivity index is 2.99. The lowest BCUT2D eigenvalue weighted by Crippen LogP contribution is -2.43. The summed E-state index contributed by atoms with van der Waals surface area (Å²) in [4.78, 5) is 12.2. The molecule has 1 atom stereocenters. The highest BCUT2D eigenvalue weighted by Crippen LogP contribution is 2.22. The van der Waals surface area contributed by atoms with Gasteiger partial charge in [-0.1, -0.05) is 56.3 Å². The minimum atomic E-state index is -0.621. The van der Waals surface area contributed by atoms with Crippen LogP contribution in [0.1, 0.15) is 38.8 Å². The van der Waals surface area contributed by atoms with Crippen LogP contribution in [-0.2, 0) is 4.79 Å². The second-order valence-electron chi connectivity index (χ2n) is 5.08. The Morgan fingerprint density at radius 2 is 2.00 bits per heavy atom. The average Bonchev–Trinajstić information content (AvgIpc) is 2.44. The first kappa shape index (κ1) is 15.0. The van der Waals surface area contributed by atoms with Crippen LogP contribution in [0.2, 0.25) is 0 Å². The highest BCUT2D eigenvalue weighted by atomic mass is 16.4. The molecule has 0 aliphatic rings. The molecule has 1 aromatic carbocycles. The van der Waals surface area contributed by atoms with Crippen molar-refractivity contribution in [1.29, 1.82) is 0 Å². The van der Waals surface area contributed by atoms with Gasteiger partial charge in [-0.15, -0.1) is 0 Å². The van der Waals surface area contributed by atoms with Gasteiger partial charge in [0.15, 0.2) is 5.84 Å². The maximum Gasteiger partial charge on any atom is 0.226 e. The summed E-state index contributed by atoms with van der Waals surface area (Å²) < 4.78 is 0. The van der Waals surface area contributed by atoms with Gasteiger partial charge in [0.05, 0.1) is 0 Å². The summed E-state index contributed by atoms with van der Waals surface area (Å²) in [6, 6.07) is 8.56. The molecule has 19 heavy (non-hydrogen) atoms. The molecule has 1 amide bonds. The Morgan fingerprint density at radius 1 is 1.42 bits per heavy atom. The number of rotatable bonds is 5. The normalized spacial score (nSPS) is 13.9. The first-order valence-corrected chi connectivity index (χ1v) is 6.25. The zero-order chi connectivity index (χ0) is 14.5. The monoisotopic (exact) mass is 263 g/mol. The van der Waals surface area contributed by atoms with E-state index in [9.17, 15) is 4.79 Å². The molecule has 104 valence electrons. The van der Waals surface area contributed by atoms with Gasteiger partial charge in [0, 0.05) is 5.41 Å². The number of amides is 1. The van der Waals surface area contributed by atoms with E-state index in [1.807, 2.05) is 51.1 Å². The standard InChI is InChI=1S/C14H21N3O2/c1-4-14(2,3)13(18)16-11(12(15)17-19)10-8-6-5-7-9-10/h5-9,11,19H,4H2,1-3H3,(H2,15,17)(H,16,18). The summed E-state index contributed by atoms with van der Waals surface area (Å²) in [6.07, 6.45) is 0.705. The minimum Gasteiger partial charge on any atom is -0.409 e. The molecule has 0 heterocycles. The lowest BCUT2D eigenvalue weighted by molar-refractivity contribution is -0.129. The van der Waals surface area contributed by atoms with Gasteiger partial charge in [-0.25, -0.2) is 0 Å². The molecule has 0 fully saturated rings. The van der Waals surface area contributed by atoms with Gasteiger partial charge in [0.25, 0.3) is 0 Å². The van der Waals surface area contributed by atoms with E-state index in [2.05, 4.69) is 10.5 Å². The Kier molecular flexibility index (Phi) is 4.92. The number of nitrogens with zero attached hydrogens (tertiary/aromatic N) is 1. The molecule has 0 spiro atoms. The molecule has 0 saturated heterocycles. The lowest BCUT2D eigenvalue weighted by atomic mass is 9.88. The predicted molar refractivity (Wildman–Crippen MR) is 74.8 cm³/mol. The van der Waals surface area contributed by atoms with E-state index in [1.54, 1.807) is 0 Å². The predicted octanol–water partition coefficient (Wildman–Crippen LogP) is 2.03. The number of hydrogen-bond acceptors (Lipinski definition) is 3. The van der Waals surface area contributed by atoms with E-state index < -0.39 is 11.5 Å². The molecule has 0 aliphatic carbocycles. The Labute approximate surface area is 113 Å². The van der Waals surface area contributed by atoms with E-state index in [0.717, 1.165) is 5.56 Å². The molecule has 1 rings (SSSR count). The number of amidine groups is 1. The number of benzene rings is 1. The fourth-order valence-corrected chi connectivity index (χ4v) is 1.52. The van der Waals surface area contributed by atoms with Crippen LogP contribution in [0.5, 0.6) is 0 Å². The van der Waals surface area contributed by atoms with E-state index >= 15 is 0 Å². The smallest absolute Gasteiger partial charge is 0.226 e. The van der Waals surface area contributed by atoms with Gasteiger partial charge in [-0.3, -0.25) is 4.79 Å². The van der Waals surface area contributed by atoms with E-state index in [0.29, 0.717) is 6.42 Å². The van der Waals surface area contributed by atoms with Crippen molar-refractivity contribution >= 4 is 11.7 Å². The second kappa shape index (κ2) is 6.22. The molecule has 0 saturated carbocycles. The first-order chi connectivity index (χ1) is 8.92. The molecule has 5 nitrogen and oxygen atoms in total. The van der Waals surface area contributed by atoms with Crippen LogP contribution in [0.15, 0.2) is 35.5 Å². The number of hydrogen-bond donors (Lipinski definition) is 3. The highest BCUT2D eigenvalue weighted by molar-refractivity contribution is 5.92. The molecule has 0 aromatic heterocycles. The fraction of sp³-hybridized carbons (Fsp3) is 0.429. The van der Waals surface area contributed by atoms with Crippen molar-refractivity contribution in [3.63, 3.8) is 0 Å². The summed E-state index contributed by atoms with van der Waals surface area (Å²) in [7, 11) is 0. The Hall–Kier alpha value is -2.04. The van der Waals surface area contributed by atoms with E-state index in [-0.39, 0.29) is 11.7 Å². The maximum absolute atomic E-state index is 12.2. The van der Waals surface area contributed by atoms with Gasteiger partial charge in [0.1, 0.15) is 6.04 Å². The largest absolute Gasteiger partial charge is 0.409 e. The molecule has 0 bridgehead atoms. The summed E-state index contributed by atoms with van der Waals surface area (Å²) in [5, 5.41) is 14.7. The first-order valence-electron chi connectivity index (χ1n) is 6.25. The van der Waals surface area contributed by atoms with Gasteiger partial charge >= 0.3 is 0 Å². The topological polar surface area (TPSA) is 87.7 Å². The van der Waals surface area contributed by atoms with Crippen molar-refractivity contribution in [3.05, 3.63) is 35.9 Å². The summed E-state index contributed by atoms with van der Waals surface area (Å²) >= 11 is 0. The SMILES string of the molecule is CCC(C)(C)C(=O)NC(C(N)=NO)c1ccccc1. The molecule has 1 aromatic rings. The molecule has 4 N–H and O–H groups in total. The number of oxime groups is 1. The van der Waals surface area contributed by atoms with Crippen LogP contribution < -0.4 is 11.1 Å². The van der Waals surface area contributed by atoms with Crippen molar-refractivity contribution in [2.75, 3.05) is 0 Å². The van der Waals surface area contributed by atoms with Gasteiger partial charge in [-0.2, -0.15) is 0 Å². The third-order valence-corrected chi connectivity index (χ3v) is 3.32. The third kappa shape index (κ3) is 3.71. The van der Waals surface area contributed by atoms with Crippen molar-refractivity contribution in [2.45, 2.75) is 33.2 Å². The minimum absolute atomic E-state index is 0.0357. The van der Waals surface area contributed by atoms with Crippen molar-refractivity contribution in [3.8, 4) is 0 Å². The molecule has 0 radical (unpaired) electrons. The van der Waals surface area contributed by atoms with Crippen molar-refractivity contribution < 1.29 is 10.0 Å². The van der Waals surface area contributed by atoms with Crippen LogP contribution in [0.25, 0.3) is 0 Å². The summed E-state index contributed by atoms with van der Waals surface area (Å²) in [5.41, 5.74) is 5.95. The average molecular weight is 263 g/mol. The number of carbonyl (C=O) groups is 1. The van der Waals surface area contributed by atoms with Gasteiger partial charge in [0.2, 0.25) is 5.91 Å². The summed E-state index contributed by atoms with van der Waals surface area (Å²) in [6.45, 7) is 5.66. The van der Waals surface area contributed by atoms with Crippen LogP contribution in [-0.4, -0.2) is 17.0 Å². The highest BCUT2D eigenvalue weighted by Gasteiger charge is 2.29. The van der Waals surface area contributed by atoms with Crippen molar-refractivity contribution in [2.24, 2.45) is 16.3 Å². The Morgan fingerprint density at radius 3 is 2.47 bits per heavy atom. The molecule has 1 unspecified atom stereocenters. The number of nitrogens with one attached hydrogen (secondary N) is 1. The number of nitrogens with two attached hydrogens (primary N) is 1. The zero-order valence-electron chi connectivity index (χ0n) is 11.6. The molecular formula is C14H21N3O2. The fourth-order valence-electron chi connectivity index (χ4n) is 1.52. The van der Waals surface area contributed by atoms with Crippen LogP contribution in [0.4, 0.5) is 0 Å². The van der Waals surface area contributed by atoms with Gasteiger partial charge < -0.3 is 16.3 Å². The lowest BCUT2D eigenvalue weighted by Gasteiger charge is -2.26. The van der Waals surface area contributed by atoms with Crippen LogP contribution in [0.3, 0.4) is 0 Å². The molecule has 5 heteroatoms. The van der Waals surface area contributed by atoms with Crippen LogP contribution >= 0.6 is 0 Å². The molecular weight excluding hydrogens is 242 g/mol. The Bertz CT molecular complexity index is 455. The quantitative estimate of drug-likeness (QED) is 0.329. The zero-order valence-corrected chi connectivity index (χ0v) is 11.6. The van der Waals surface area contributed by atoms with E-state index in [1.165, 1.54) is 0 Å². The second-order valence-corrected chi connectivity index (χ2v) is 5.08. The number of carbonyl (C=O) groups excluding carboxylic acids is 1. The summed E-state index contributed by atoms with van der Waals surface area (Å²) in [5.74, 6) is -0.165. The van der Waals surface area contributed by atoms with E-state index in [4.69, 9.17) is 10.9 Å². The van der Waals surface area contributed by atoms with Gasteiger partial charge in [-0.05, 0) is 12.0 Å². The van der Waals surface area contributed by atoms with Crippen LogP contribution in [0, 0.1) is 5.41 Å². The maximum atomic E-state index is 12.2. The third-order valence-electron chi connectivity index (χ3n) is 3.32. The molecule has 0 aliphatic heterocycles.